The lowest BCUT2D eigenvalue weighted by Gasteiger charge is -2.07. The zero-order valence-electron chi connectivity index (χ0n) is 5.09. The van der Waals surface area contributed by atoms with Crippen molar-refractivity contribution in [3.05, 3.63) is 0 Å². The highest BCUT2D eigenvalue weighted by atomic mass is 35.5. The molecule has 1 heterocycles. The summed E-state index contributed by atoms with van der Waals surface area (Å²) >= 11 is 0. The zero-order chi connectivity index (χ0) is 5.56. The molecule has 0 unspecified atom stereocenters. The van der Waals surface area contributed by atoms with Gasteiger partial charge in [0.05, 0.1) is 0 Å². The highest BCUT2D eigenvalue weighted by Crippen LogP contribution is 2.26. The first-order valence-corrected chi connectivity index (χ1v) is 3.12. The molecule has 2 aliphatic rings. The monoisotopic (exact) mass is 147 g/mol. The summed E-state index contributed by atoms with van der Waals surface area (Å²) in [5.74, 6) is 0.869. The van der Waals surface area contributed by atoms with E-state index in [0.717, 1.165) is 19.4 Å². The third kappa shape index (κ3) is 0.970. The fraction of sp³-hybridized carbons (Fsp3) is 0.833. The van der Waals surface area contributed by atoms with Crippen LogP contribution in [0.2, 0.25) is 0 Å². The van der Waals surface area contributed by atoms with Crippen LogP contribution in [0.3, 0.4) is 0 Å². The van der Waals surface area contributed by atoms with Gasteiger partial charge < -0.3 is 5.32 Å². The first-order chi connectivity index (χ1) is 3.86. The Labute approximate surface area is 60.4 Å². The molecule has 52 valence electrons. The van der Waals surface area contributed by atoms with E-state index in [1.165, 1.54) is 0 Å². The van der Waals surface area contributed by atoms with Crippen LogP contribution in [0.1, 0.15) is 12.8 Å². The third-order valence-electron chi connectivity index (χ3n) is 2.12. The molecule has 0 spiro atoms. The summed E-state index contributed by atoms with van der Waals surface area (Å²) in [5.41, 5.74) is 0. The number of fused-ring (bicyclic) bond motifs is 2. The molecule has 1 saturated heterocycles. The van der Waals surface area contributed by atoms with E-state index >= 15 is 0 Å². The van der Waals surface area contributed by atoms with Gasteiger partial charge in [0.25, 0.3) is 0 Å². The molecule has 1 aliphatic carbocycles. The van der Waals surface area contributed by atoms with E-state index in [-0.39, 0.29) is 12.4 Å². The molecule has 2 atom stereocenters. The number of rotatable bonds is 0. The van der Waals surface area contributed by atoms with Gasteiger partial charge in [-0.05, 0) is 6.42 Å². The summed E-state index contributed by atoms with van der Waals surface area (Å²) in [7, 11) is 0. The van der Waals surface area contributed by atoms with Crippen LogP contribution in [0.25, 0.3) is 0 Å². The molecule has 2 nitrogen and oxygen atoms in total. The molecule has 0 radical (unpaired) electrons. The first kappa shape index (κ1) is 7.03. The van der Waals surface area contributed by atoms with Crippen molar-refractivity contribution in [3.63, 3.8) is 0 Å². The van der Waals surface area contributed by atoms with Gasteiger partial charge in [-0.3, -0.25) is 4.79 Å². The van der Waals surface area contributed by atoms with Crippen molar-refractivity contribution in [2.24, 2.45) is 5.92 Å². The number of piperidine rings is 1. The summed E-state index contributed by atoms with van der Waals surface area (Å²) in [6, 6.07) is 0.549. The van der Waals surface area contributed by atoms with E-state index in [1.54, 1.807) is 0 Å². The predicted octanol–water partition coefficient (Wildman–Crippen LogP) is 0.359. The van der Waals surface area contributed by atoms with E-state index in [4.69, 9.17) is 0 Å². The zero-order valence-corrected chi connectivity index (χ0v) is 5.91. The first-order valence-electron chi connectivity index (χ1n) is 3.12. The van der Waals surface area contributed by atoms with Gasteiger partial charge in [-0.25, -0.2) is 0 Å². The van der Waals surface area contributed by atoms with Gasteiger partial charge in [0, 0.05) is 24.9 Å². The minimum absolute atomic E-state index is 0. The minimum atomic E-state index is 0. The second-order valence-corrected chi connectivity index (χ2v) is 2.71. The second kappa shape index (κ2) is 2.27. The van der Waals surface area contributed by atoms with Gasteiger partial charge in [-0.1, -0.05) is 0 Å². The maximum atomic E-state index is 10.8. The van der Waals surface area contributed by atoms with E-state index in [2.05, 4.69) is 5.32 Å². The molecule has 0 aromatic rings. The van der Waals surface area contributed by atoms with Crippen LogP contribution in [0.15, 0.2) is 0 Å². The molecular formula is C6H10ClNO. The Morgan fingerprint density at radius 2 is 2.33 bits per heavy atom. The Morgan fingerprint density at radius 1 is 1.56 bits per heavy atom. The van der Waals surface area contributed by atoms with Gasteiger partial charge in [0.1, 0.15) is 5.78 Å². The quantitative estimate of drug-likeness (QED) is 0.536. The summed E-state index contributed by atoms with van der Waals surface area (Å²) in [6.07, 6.45) is 1.91. The molecule has 1 aliphatic heterocycles. The van der Waals surface area contributed by atoms with Crippen molar-refractivity contribution in [2.75, 3.05) is 6.54 Å². The van der Waals surface area contributed by atoms with Gasteiger partial charge in [-0.15, -0.1) is 12.4 Å². The van der Waals surface area contributed by atoms with Crippen molar-refractivity contribution in [2.45, 2.75) is 18.9 Å². The number of carbonyl (C=O) groups is 1. The molecule has 3 heteroatoms. The number of Topliss-reactive ketones (excluding diaryl/α,β-unsaturated/α-hetero) is 1. The average Bonchev–Trinajstić information content (AvgIpc) is 2.23. The summed E-state index contributed by atoms with van der Waals surface area (Å²) in [5, 5.41) is 3.27. The number of hydrogen-bond donors (Lipinski definition) is 1. The lowest BCUT2D eigenvalue weighted by Crippen LogP contribution is -2.29. The molecule has 1 N–H and O–H groups in total. The fourth-order valence-electron chi connectivity index (χ4n) is 1.63. The van der Waals surface area contributed by atoms with E-state index in [1.807, 2.05) is 0 Å². The standard InChI is InChI=1S/C6H9NO.ClH/c8-6-2-5-1-4(6)3-7-5;/h4-5,7H,1-3H2;1H/t4-,5-;/m1./s1. The van der Waals surface area contributed by atoms with Crippen molar-refractivity contribution in [1.82, 2.24) is 5.32 Å². The number of carbonyl (C=O) groups excluding carboxylic acids is 1. The number of hydrogen-bond acceptors (Lipinski definition) is 2. The highest BCUT2D eigenvalue weighted by molar-refractivity contribution is 5.85. The number of ketones is 1. The second-order valence-electron chi connectivity index (χ2n) is 2.71. The van der Waals surface area contributed by atoms with Crippen molar-refractivity contribution in [3.8, 4) is 0 Å². The van der Waals surface area contributed by atoms with Gasteiger partial charge in [-0.2, -0.15) is 0 Å². The van der Waals surface area contributed by atoms with E-state index < -0.39 is 0 Å². The topological polar surface area (TPSA) is 29.1 Å². The van der Waals surface area contributed by atoms with Crippen LogP contribution in [0.5, 0.6) is 0 Å². The molecule has 2 bridgehead atoms. The minimum Gasteiger partial charge on any atom is -0.313 e. The van der Waals surface area contributed by atoms with Crippen molar-refractivity contribution in [1.29, 1.82) is 0 Å². The normalized spacial score (nSPS) is 38.9. The highest BCUT2D eigenvalue weighted by Gasteiger charge is 2.37. The molecule has 1 saturated carbocycles. The number of halogens is 1. The van der Waals surface area contributed by atoms with Crippen molar-refractivity contribution >= 4 is 18.2 Å². The maximum Gasteiger partial charge on any atom is 0.138 e. The Kier molecular flexibility index (Phi) is 1.78. The number of nitrogens with one attached hydrogen (secondary N) is 1. The molecule has 2 fully saturated rings. The molecule has 9 heavy (non-hydrogen) atoms. The Balaban J connectivity index is 0.000000405. The van der Waals surface area contributed by atoms with Crippen LogP contribution >= 0.6 is 12.4 Å². The summed E-state index contributed by atoms with van der Waals surface area (Å²) in [6.45, 7) is 0.948. The van der Waals surface area contributed by atoms with Crippen molar-refractivity contribution < 1.29 is 4.79 Å². The van der Waals surface area contributed by atoms with Gasteiger partial charge >= 0.3 is 0 Å². The van der Waals surface area contributed by atoms with E-state index in [9.17, 15) is 4.79 Å². The average molecular weight is 148 g/mol. The largest absolute Gasteiger partial charge is 0.313 e. The van der Waals surface area contributed by atoms with Crippen LogP contribution in [-0.2, 0) is 4.79 Å². The predicted molar refractivity (Wildman–Crippen MR) is 36.8 cm³/mol. The molecule has 2 rings (SSSR count). The summed E-state index contributed by atoms with van der Waals surface area (Å²) < 4.78 is 0. The van der Waals surface area contributed by atoms with Crippen LogP contribution in [0, 0.1) is 5.92 Å². The maximum absolute atomic E-state index is 10.8. The molecular weight excluding hydrogens is 138 g/mol. The third-order valence-corrected chi connectivity index (χ3v) is 2.12. The Morgan fingerprint density at radius 3 is 2.56 bits per heavy atom. The Bertz CT molecular complexity index is 137. The fourth-order valence-corrected chi connectivity index (χ4v) is 1.63. The van der Waals surface area contributed by atoms with E-state index in [0.29, 0.717) is 17.7 Å². The molecule has 0 aromatic carbocycles. The van der Waals surface area contributed by atoms with Gasteiger partial charge in [0.15, 0.2) is 0 Å². The van der Waals surface area contributed by atoms with Crippen LogP contribution < -0.4 is 5.32 Å². The molecule has 0 aromatic heterocycles. The SMILES string of the molecule is Cl.O=C1C[C@H]2C[C@@H]1CN2. The van der Waals surface area contributed by atoms with Crippen LogP contribution in [-0.4, -0.2) is 18.4 Å². The van der Waals surface area contributed by atoms with Crippen LogP contribution in [0.4, 0.5) is 0 Å². The van der Waals surface area contributed by atoms with Gasteiger partial charge in [0.2, 0.25) is 0 Å². The molecule has 0 amide bonds. The Hall–Kier alpha value is -0.0800. The lowest BCUT2D eigenvalue weighted by atomic mass is 10.1. The smallest absolute Gasteiger partial charge is 0.138 e. The summed E-state index contributed by atoms with van der Waals surface area (Å²) in [4.78, 5) is 10.8. The lowest BCUT2D eigenvalue weighted by molar-refractivity contribution is -0.121.